The molecule has 1 fully saturated rings. The predicted molar refractivity (Wildman–Crippen MR) is 67.7 cm³/mol. The minimum Gasteiger partial charge on any atom is -0.480 e. The lowest BCUT2D eigenvalue weighted by atomic mass is 10.00. The van der Waals surface area contributed by atoms with Crippen molar-refractivity contribution >= 4 is 11.9 Å². The number of amides is 1. The topological polar surface area (TPSA) is 57.6 Å². The molecule has 1 aliphatic rings. The Labute approximate surface area is 123 Å². The first-order valence-corrected chi connectivity index (χ1v) is 6.63. The Balaban J connectivity index is 2.39. The number of hydrogen-bond acceptors (Lipinski definition) is 2. The number of aliphatic carboxylic acids is 1. The number of hydrogen-bond donors (Lipinski definition) is 1. The van der Waals surface area contributed by atoms with Crippen molar-refractivity contribution in [2.75, 3.05) is 6.54 Å². The standard InChI is InChI=1S/C14H13F4NO3/c15-11-8(4-3-5-9(11)14(16,17)18)12(20)19-7-2-1-6-10(19)13(21)22/h3-5,10H,1-2,6-7H2,(H,21,22). The van der Waals surface area contributed by atoms with Crippen LogP contribution in [0.1, 0.15) is 35.2 Å². The van der Waals surface area contributed by atoms with Gasteiger partial charge in [0, 0.05) is 6.54 Å². The maximum absolute atomic E-state index is 14.0. The van der Waals surface area contributed by atoms with Crippen LogP contribution in [0.2, 0.25) is 0 Å². The molecular weight excluding hydrogens is 306 g/mol. The third-order valence-electron chi connectivity index (χ3n) is 3.58. The van der Waals surface area contributed by atoms with Crippen molar-refractivity contribution in [1.82, 2.24) is 4.90 Å². The van der Waals surface area contributed by atoms with Gasteiger partial charge in [-0.25, -0.2) is 9.18 Å². The molecule has 4 nitrogen and oxygen atoms in total. The third kappa shape index (κ3) is 3.05. The Hall–Kier alpha value is -2.12. The van der Waals surface area contributed by atoms with Crippen molar-refractivity contribution in [2.24, 2.45) is 0 Å². The summed E-state index contributed by atoms with van der Waals surface area (Å²) in [5.74, 6) is -3.95. The van der Waals surface area contributed by atoms with E-state index in [1.807, 2.05) is 0 Å². The molecule has 1 aromatic rings. The Morgan fingerprint density at radius 1 is 1.23 bits per heavy atom. The fourth-order valence-electron chi connectivity index (χ4n) is 2.50. The van der Waals surface area contributed by atoms with Crippen LogP contribution >= 0.6 is 0 Å². The molecule has 1 aliphatic heterocycles. The molecule has 120 valence electrons. The minimum atomic E-state index is -4.92. The van der Waals surface area contributed by atoms with Gasteiger partial charge in [-0.3, -0.25) is 4.79 Å². The SMILES string of the molecule is O=C(O)C1CCCCN1C(=O)c1cccc(C(F)(F)F)c1F. The molecule has 1 aromatic carbocycles. The molecule has 0 spiro atoms. The molecule has 1 saturated heterocycles. The van der Waals surface area contributed by atoms with E-state index in [1.165, 1.54) is 0 Å². The van der Waals surface area contributed by atoms with E-state index in [9.17, 15) is 27.2 Å². The summed E-state index contributed by atoms with van der Waals surface area (Å²) in [4.78, 5) is 24.3. The summed E-state index contributed by atoms with van der Waals surface area (Å²) in [6, 6.07) is 1.26. The second kappa shape index (κ2) is 5.94. The van der Waals surface area contributed by atoms with Crippen LogP contribution in [0.15, 0.2) is 18.2 Å². The minimum absolute atomic E-state index is 0.0749. The number of likely N-dealkylation sites (tertiary alicyclic amines) is 1. The summed E-state index contributed by atoms with van der Waals surface area (Å²) in [6.45, 7) is 0.0749. The average molecular weight is 319 g/mol. The van der Waals surface area contributed by atoms with Gasteiger partial charge in [-0.2, -0.15) is 13.2 Å². The summed E-state index contributed by atoms with van der Waals surface area (Å²) < 4.78 is 52.0. The first-order chi connectivity index (χ1) is 10.2. The first kappa shape index (κ1) is 16.3. The smallest absolute Gasteiger partial charge is 0.419 e. The normalized spacial score (nSPS) is 19.1. The highest BCUT2D eigenvalue weighted by atomic mass is 19.4. The predicted octanol–water partition coefficient (Wildman–Crippen LogP) is 2.92. The Bertz CT molecular complexity index is 600. The number of rotatable bonds is 2. The zero-order valence-corrected chi connectivity index (χ0v) is 11.4. The van der Waals surface area contributed by atoms with Crippen LogP contribution in [0.25, 0.3) is 0 Å². The van der Waals surface area contributed by atoms with Crippen LogP contribution < -0.4 is 0 Å². The number of carboxylic acids is 1. The summed E-state index contributed by atoms with van der Waals surface area (Å²) in [6.07, 6.45) is -3.61. The highest BCUT2D eigenvalue weighted by molar-refractivity contribution is 5.97. The van der Waals surface area contributed by atoms with Crippen molar-refractivity contribution < 1.29 is 32.3 Å². The average Bonchev–Trinajstić information content (AvgIpc) is 2.45. The van der Waals surface area contributed by atoms with Crippen LogP contribution in [0, 0.1) is 5.82 Å². The van der Waals surface area contributed by atoms with Crippen molar-refractivity contribution in [3.05, 3.63) is 35.1 Å². The molecular formula is C14H13F4NO3. The number of nitrogens with zero attached hydrogens (tertiary/aromatic N) is 1. The fourth-order valence-corrected chi connectivity index (χ4v) is 2.50. The van der Waals surface area contributed by atoms with Gasteiger partial charge in [0.1, 0.15) is 11.9 Å². The van der Waals surface area contributed by atoms with Crippen LogP contribution in [0.4, 0.5) is 17.6 Å². The Morgan fingerprint density at radius 2 is 1.91 bits per heavy atom. The van der Waals surface area contributed by atoms with Crippen molar-refractivity contribution in [3.63, 3.8) is 0 Å². The van der Waals surface area contributed by atoms with Crippen LogP contribution in [0.3, 0.4) is 0 Å². The number of carboxylic acid groups (broad SMARTS) is 1. The van der Waals surface area contributed by atoms with Gasteiger partial charge in [-0.1, -0.05) is 6.07 Å². The van der Waals surface area contributed by atoms with Gasteiger partial charge in [-0.15, -0.1) is 0 Å². The Kier molecular flexibility index (Phi) is 4.39. The highest BCUT2D eigenvalue weighted by Crippen LogP contribution is 2.33. The van der Waals surface area contributed by atoms with Crippen molar-refractivity contribution in [3.8, 4) is 0 Å². The summed E-state index contributed by atoms with van der Waals surface area (Å²) in [7, 11) is 0. The van der Waals surface area contributed by atoms with Gasteiger partial charge in [-0.05, 0) is 31.4 Å². The number of benzene rings is 1. The Morgan fingerprint density at radius 3 is 2.50 bits per heavy atom. The van der Waals surface area contributed by atoms with Crippen LogP contribution in [0.5, 0.6) is 0 Å². The molecule has 1 unspecified atom stereocenters. The van der Waals surface area contributed by atoms with Gasteiger partial charge in [0.2, 0.25) is 0 Å². The summed E-state index contributed by atoms with van der Waals surface area (Å²) in [5, 5.41) is 9.09. The van der Waals surface area contributed by atoms with Crippen LogP contribution in [-0.2, 0) is 11.0 Å². The molecule has 2 rings (SSSR count). The lowest BCUT2D eigenvalue weighted by Gasteiger charge is -2.33. The quantitative estimate of drug-likeness (QED) is 0.853. The maximum Gasteiger partial charge on any atom is 0.419 e. The van der Waals surface area contributed by atoms with Crippen molar-refractivity contribution in [2.45, 2.75) is 31.5 Å². The second-order valence-electron chi connectivity index (χ2n) is 5.01. The number of carbonyl (C=O) groups excluding carboxylic acids is 1. The molecule has 1 N–H and O–H groups in total. The van der Waals surface area contributed by atoms with Gasteiger partial charge in [0.25, 0.3) is 5.91 Å². The second-order valence-corrected chi connectivity index (χ2v) is 5.01. The molecule has 8 heteroatoms. The molecule has 0 saturated carbocycles. The molecule has 1 amide bonds. The molecule has 0 aliphatic carbocycles. The zero-order chi connectivity index (χ0) is 16.5. The molecule has 22 heavy (non-hydrogen) atoms. The largest absolute Gasteiger partial charge is 0.480 e. The van der Waals surface area contributed by atoms with E-state index in [0.29, 0.717) is 18.9 Å². The lowest BCUT2D eigenvalue weighted by Crippen LogP contribution is -2.48. The van der Waals surface area contributed by atoms with E-state index >= 15 is 0 Å². The van der Waals surface area contributed by atoms with E-state index in [-0.39, 0.29) is 13.0 Å². The maximum atomic E-state index is 14.0. The van der Waals surface area contributed by atoms with Crippen LogP contribution in [-0.4, -0.2) is 34.5 Å². The highest BCUT2D eigenvalue weighted by Gasteiger charge is 2.38. The van der Waals surface area contributed by atoms with Crippen molar-refractivity contribution in [1.29, 1.82) is 0 Å². The molecule has 0 bridgehead atoms. The third-order valence-corrected chi connectivity index (χ3v) is 3.58. The number of carbonyl (C=O) groups is 2. The van der Waals surface area contributed by atoms with Gasteiger partial charge in [0.15, 0.2) is 0 Å². The number of piperidine rings is 1. The van der Waals surface area contributed by atoms with E-state index in [4.69, 9.17) is 5.11 Å². The van der Waals surface area contributed by atoms with E-state index in [1.54, 1.807) is 0 Å². The van der Waals surface area contributed by atoms with Gasteiger partial charge >= 0.3 is 12.1 Å². The summed E-state index contributed by atoms with van der Waals surface area (Å²) in [5.41, 5.74) is -2.30. The lowest BCUT2D eigenvalue weighted by molar-refractivity contribution is -0.143. The fraction of sp³-hybridized carbons (Fsp3) is 0.429. The van der Waals surface area contributed by atoms with E-state index in [0.717, 1.165) is 17.0 Å². The van der Waals surface area contributed by atoms with Gasteiger partial charge in [0.05, 0.1) is 11.1 Å². The van der Waals surface area contributed by atoms with Gasteiger partial charge < -0.3 is 10.0 Å². The summed E-state index contributed by atoms with van der Waals surface area (Å²) >= 11 is 0. The van der Waals surface area contributed by atoms with E-state index in [2.05, 4.69) is 0 Å². The number of alkyl halides is 3. The zero-order valence-electron chi connectivity index (χ0n) is 11.4. The molecule has 1 atom stereocenters. The monoisotopic (exact) mass is 319 g/mol. The first-order valence-electron chi connectivity index (χ1n) is 6.63. The molecule has 0 aromatic heterocycles. The molecule has 0 radical (unpaired) electrons. The molecule has 1 heterocycles. The van der Waals surface area contributed by atoms with E-state index < -0.39 is 41.0 Å². The number of halogens is 4.